The number of benzene rings is 1. The number of nitrogens with two attached hydrogens (primary N) is 1. The van der Waals surface area contributed by atoms with E-state index in [9.17, 15) is 13.2 Å². The molecule has 1 aromatic heterocycles. The van der Waals surface area contributed by atoms with Crippen LogP contribution in [-0.4, -0.2) is 4.98 Å². The van der Waals surface area contributed by atoms with Crippen LogP contribution >= 0.6 is 0 Å². The summed E-state index contributed by atoms with van der Waals surface area (Å²) in [6.45, 7) is 1.64. The van der Waals surface area contributed by atoms with Crippen LogP contribution in [0.5, 0.6) is 0 Å². The maximum atomic E-state index is 13.4. The molecule has 0 saturated carbocycles. The Kier molecular flexibility index (Phi) is 2.55. The lowest BCUT2D eigenvalue weighted by Gasteiger charge is -2.09. The summed E-state index contributed by atoms with van der Waals surface area (Å²) >= 11 is 0. The molecule has 0 spiro atoms. The van der Waals surface area contributed by atoms with Gasteiger partial charge in [-0.1, -0.05) is 0 Å². The monoisotopic (exact) mass is 226 g/mol. The van der Waals surface area contributed by atoms with Gasteiger partial charge in [0, 0.05) is 23.0 Å². The molecule has 2 N–H and O–H groups in total. The number of hydrogen-bond acceptors (Lipinski definition) is 2. The lowest BCUT2D eigenvalue weighted by atomic mass is 10.1. The first-order valence-electron chi connectivity index (χ1n) is 4.70. The van der Waals surface area contributed by atoms with Crippen LogP contribution in [0.25, 0.3) is 10.8 Å². The third kappa shape index (κ3) is 1.53. The molecular formula is C11H9F3N2. The van der Waals surface area contributed by atoms with Gasteiger partial charge in [0.2, 0.25) is 0 Å². The van der Waals surface area contributed by atoms with Crippen LogP contribution in [0.2, 0.25) is 0 Å². The molecule has 0 aliphatic rings. The highest BCUT2D eigenvalue weighted by atomic mass is 19.2. The Balaban J connectivity index is 2.89. The molecule has 5 heteroatoms. The number of fused-ring (bicyclic) bond motifs is 1. The van der Waals surface area contributed by atoms with Crippen molar-refractivity contribution in [1.29, 1.82) is 0 Å². The molecule has 2 nitrogen and oxygen atoms in total. The molecule has 0 bridgehead atoms. The molecule has 0 saturated heterocycles. The van der Waals surface area contributed by atoms with Crippen molar-refractivity contribution in [3.63, 3.8) is 0 Å². The summed E-state index contributed by atoms with van der Waals surface area (Å²) in [7, 11) is 0. The molecular weight excluding hydrogens is 217 g/mol. The fraction of sp³-hybridized carbons (Fsp3) is 0.182. The van der Waals surface area contributed by atoms with Gasteiger partial charge in [0.1, 0.15) is 0 Å². The highest BCUT2D eigenvalue weighted by Crippen LogP contribution is 2.26. The summed E-state index contributed by atoms with van der Waals surface area (Å²) in [5.74, 6) is -3.92. The molecule has 2 rings (SSSR count). The quantitative estimate of drug-likeness (QED) is 0.759. The smallest absolute Gasteiger partial charge is 0.195 e. The van der Waals surface area contributed by atoms with E-state index in [1.54, 1.807) is 6.92 Å². The summed E-state index contributed by atoms with van der Waals surface area (Å²) in [6, 6.07) is 1.73. The maximum Gasteiger partial charge on any atom is 0.195 e. The van der Waals surface area contributed by atoms with E-state index in [2.05, 4.69) is 4.98 Å². The Morgan fingerprint density at radius 1 is 1.19 bits per heavy atom. The molecule has 0 fully saturated rings. The predicted octanol–water partition coefficient (Wildman–Crippen LogP) is 2.67. The molecule has 1 unspecified atom stereocenters. The standard InChI is InChI=1S/C11H9F3N2/c1-5(15)11-7-4-8(12)10(14)9(13)6(7)2-3-16-11/h2-5H,15H2,1H3. The largest absolute Gasteiger partial charge is 0.323 e. The average Bonchev–Trinajstić information content (AvgIpc) is 2.25. The zero-order valence-electron chi connectivity index (χ0n) is 8.47. The number of hydrogen-bond donors (Lipinski definition) is 1. The summed E-state index contributed by atoms with van der Waals surface area (Å²) < 4.78 is 39.5. The summed E-state index contributed by atoms with van der Waals surface area (Å²) in [6.07, 6.45) is 1.32. The van der Waals surface area contributed by atoms with Gasteiger partial charge in [-0.15, -0.1) is 0 Å². The third-order valence-corrected chi connectivity index (χ3v) is 2.36. The second-order valence-corrected chi connectivity index (χ2v) is 3.57. The van der Waals surface area contributed by atoms with Crippen molar-refractivity contribution >= 4 is 10.8 Å². The van der Waals surface area contributed by atoms with Crippen LogP contribution in [-0.2, 0) is 0 Å². The molecule has 1 atom stereocenters. The van der Waals surface area contributed by atoms with Crippen molar-refractivity contribution in [3.8, 4) is 0 Å². The van der Waals surface area contributed by atoms with Crippen LogP contribution in [0.3, 0.4) is 0 Å². The van der Waals surface area contributed by atoms with E-state index < -0.39 is 23.5 Å². The van der Waals surface area contributed by atoms with Gasteiger partial charge >= 0.3 is 0 Å². The maximum absolute atomic E-state index is 13.4. The van der Waals surface area contributed by atoms with Crippen LogP contribution in [0, 0.1) is 17.5 Å². The third-order valence-electron chi connectivity index (χ3n) is 2.36. The van der Waals surface area contributed by atoms with E-state index in [0.29, 0.717) is 5.69 Å². The first-order valence-corrected chi connectivity index (χ1v) is 4.70. The van der Waals surface area contributed by atoms with Crippen LogP contribution in [0.4, 0.5) is 13.2 Å². The number of halogens is 3. The molecule has 1 heterocycles. The number of nitrogens with zero attached hydrogens (tertiary/aromatic N) is 1. The zero-order valence-corrected chi connectivity index (χ0v) is 8.47. The lowest BCUT2D eigenvalue weighted by molar-refractivity contribution is 0.453. The lowest BCUT2D eigenvalue weighted by Crippen LogP contribution is -2.08. The Morgan fingerprint density at radius 3 is 2.50 bits per heavy atom. The topological polar surface area (TPSA) is 38.9 Å². The zero-order chi connectivity index (χ0) is 11.9. The second kappa shape index (κ2) is 3.75. The Labute approximate surface area is 89.9 Å². The average molecular weight is 226 g/mol. The van der Waals surface area contributed by atoms with Gasteiger partial charge in [-0.05, 0) is 19.1 Å². The number of pyridine rings is 1. The van der Waals surface area contributed by atoms with Gasteiger partial charge in [-0.3, -0.25) is 4.98 Å². The molecule has 2 aromatic rings. The van der Waals surface area contributed by atoms with E-state index in [1.165, 1.54) is 12.3 Å². The highest BCUT2D eigenvalue weighted by Gasteiger charge is 2.16. The molecule has 0 amide bonds. The summed E-state index contributed by atoms with van der Waals surface area (Å²) in [4.78, 5) is 3.94. The van der Waals surface area contributed by atoms with Gasteiger partial charge < -0.3 is 5.73 Å². The van der Waals surface area contributed by atoms with E-state index in [1.807, 2.05) is 0 Å². The Hall–Kier alpha value is -1.62. The first-order chi connectivity index (χ1) is 7.52. The fourth-order valence-electron chi connectivity index (χ4n) is 1.61. The molecule has 0 aliphatic heterocycles. The first kappa shape index (κ1) is 10.9. The Bertz CT molecular complexity index is 552. The minimum absolute atomic E-state index is 0.0128. The fourth-order valence-corrected chi connectivity index (χ4v) is 1.61. The molecule has 0 aliphatic carbocycles. The van der Waals surface area contributed by atoms with E-state index in [4.69, 9.17) is 5.73 Å². The van der Waals surface area contributed by atoms with Crippen molar-refractivity contribution < 1.29 is 13.2 Å². The minimum Gasteiger partial charge on any atom is -0.323 e. The highest BCUT2D eigenvalue weighted by molar-refractivity contribution is 5.85. The van der Waals surface area contributed by atoms with Gasteiger partial charge in [0.05, 0.1) is 5.69 Å². The van der Waals surface area contributed by atoms with Crippen molar-refractivity contribution in [2.24, 2.45) is 5.73 Å². The van der Waals surface area contributed by atoms with Gasteiger partial charge in [-0.2, -0.15) is 0 Å². The molecule has 84 valence electrons. The summed E-state index contributed by atoms with van der Waals surface area (Å²) in [5, 5.41) is 0.190. The van der Waals surface area contributed by atoms with Gasteiger partial charge in [0.15, 0.2) is 17.5 Å². The van der Waals surface area contributed by atoms with Gasteiger partial charge in [0.25, 0.3) is 0 Å². The van der Waals surface area contributed by atoms with E-state index >= 15 is 0 Å². The molecule has 16 heavy (non-hydrogen) atoms. The summed E-state index contributed by atoms with van der Waals surface area (Å²) in [5.41, 5.74) is 5.96. The molecule has 0 radical (unpaired) electrons. The minimum atomic E-state index is -1.48. The molecule has 1 aromatic carbocycles. The predicted molar refractivity (Wildman–Crippen MR) is 54.2 cm³/mol. The van der Waals surface area contributed by atoms with Crippen LogP contribution in [0.1, 0.15) is 18.7 Å². The van der Waals surface area contributed by atoms with Crippen molar-refractivity contribution in [2.75, 3.05) is 0 Å². The number of rotatable bonds is 1. The van der Waals surface area contributed by atoms with Crippen molar-refractivity contribution in [3.05, 3.63) is 41.5 Å². The Morgan fingerprint density at radius 2 is 1.88 bits per heavy atom. The van der Waals surface area contributed by atoms with Crippen molar-refractivity contribution in [2.45, 2.75) is 13.0 Å². The second-order valence-electron chi connectivity index (χ2n) is 3.57. The van der Waals surface area contributed by atoms with E-state index in [-0.39, 0.29) is 10.8 Å². The number of aromatic nitrogens is 1. The SMILES string of the molecule is CC(N)c1nccc2c(F)c(F)c(F)cc12. The van der Waals surface area contributed by atoms with Gasteiger partial charge in [-0.25, -0.2) is 13.2 Å². The normalized spacial score (nSPS) is 13.1. The van der Waals surface area contributed by atoms with Crippen molar-refractivity contribution in [1.82, 2.24) is 4.98 Å². The van der Waals surface area contributed by atoms with Crippen LogP contribution < -0.4 is 5.73 Å². The van der Waals surface area contributed by atoms with E-state index in [0.717, 1.165) is 6.07 Å². The van der Waals surface area contributed by atoms with Crippen LogP contribution in [0.15, 0.2) is 18.3 Å².